The van der Waals surface area contributed by atoms with Crippen LogP contribution in [0.25, 0.3) is 0 Å². The zero-order valence-corrected chi connectivity index (χ0v) is 12.4. The lowest BCUT2D eigenvalue weighted by atomic mass is 10.3. The lowest BCUT2D eigenvalue weighted by Crippen LogP contribution is -2.05. The van der Waals surface area contributed by atoms with E-state index in [4.69, 9.17) is 14.2 Å². The van der Waals surface area contributed by atoms with Gasteiger partial charge in [0.25, 0.3) is 0 Å². The van der Waals surface area contributed by atoms with Gasteiger partial charge in [-0.25, -0.2) is 4.98 Å². The van der Waals surface area contributed by atoms with Gasteiger partial charge in [-0.2, -0.15) is 4.98 Å². The van der Waals surface area contributed by atoms with Crippen molar-refractivity contribution in [2.75, 3.05) is 26.1 Å². The van der Waals surface area contributed by atoms with Gasteiger partial charge in [0.05, 0.1) is 7.11 Å². The van der Waals surface area contributed by atoms with Crippen LogP contribution in [0.3, 0.4) is 0 Å². The zero-order valence-electron chi connectivity index (χ0n) is 12.4. The van der Waals surface area contributed by atoms with Crippen LogP contribution in [0.1, 0.15) is 12.7 Å². The lowest BCUT2D eigenvalue weighted by Gasteiger charge is -2.11. The first-order chi connectivity index (χ1) is 10.3. The highest BCUT2D eigenvalue weighted by Crippen LogP contribution is 2.30. The molecule has 21 heavy (non-hydrogen) atoms. The predicted molar refractivity (Wildman–Crippen MR) is 80.0 cm³/mol. The van der Waals surface area contributed by atoms with Gasteiger partial charge in [0.1, 0.15) is 12.4 Å². The summed E-state index contributed by atoms with van der Waals surface area (Å²) in [5, 5.41) is 3.14. The van der Waals surface area contributed by atoms with Crippen LogP contribution >= 0.6 is 0 Å². The fourth-order valence-corrected chi connectivity index (χ4v) is 1.81. The van der Waals surface area contributed by atoms with Crippen LogP contribution in [0, 0.1) is 0 Å². The third kappa shape index (κ3) is 4.06. The first-order valence-corrected chi connectivity index (χ1v) is 6.68. The van der Waals surface area contributed by atoms with E-state index in [-0.39, 0.29) is 0 Å². The van der Waals surface area contributed by atoms with Gasteiger partial charge >= 0.3 is 0 Å². The second-order valence-corrected chi connectivity index (χ2v) is 4.22. The van der Waals surface area contributed by atoms with Crippen molar-refractivity contribution in [2.45, 2.75) is 13.5 Å². The van der Waals surface area contributed by atoms with Gasteiger partial charge in [-0.15, -0.1) is 0 Å². The Bertz CT molecular complexity index is 566. The maximum Gasteiger partial charge on any atom is 0.224 e. The fourth-order valence-electron chi connectivity index (χ4n) is 1.81. The Morgan fingerprint density at radius 3 is 2.52 bits per heavy atom. The molecule has 6 heteroatoms. The molecule has 112 valence electrons. The molecule has 1 aromatic heterocycles. The van der Waals surface area contributed by atoms with Crippen LogP contribution < -0.4 is 14.8 Å². The number of para-hydroxylation sites is 2. The molecule has 0 aliphatic carbocycles. The molecule has 0 saturated heterocycles. The minimum Gasteiger partial charge on any atom is -0.493 e. The van der Waals surface area contributed by atoms with Gasteiger partial charge in [0.15, 0.2) is 17.3 Å². The highest BCUT2D eigenvalue weighted by molar-refractivity contribution is 5.44. The number of ether oxygens (including phenoxy) is 3. The first kappa shape index (κ1) is 15.1. The minimum absolute atomic E-state index is 0.321. The number of nitrogens with zero attached hydrogens (tertiary/aromatic N) is 2. The molecule has 0 unspecified atom stereocenters. The first-order valence-electron chi connectivity index (χ1n) is 6.68. The number of aromatic nitrogens is 2. The Balaban J connectivity index is 2.29. The molecular weight excluding hydrogens is 270 g/mol. The van der Waals surface area contributed by atoms with Crippen molar-refractivity contribution in [2.24, 2.45) is 0 Å². The van der Waals surface area contributed by atoms with Gasteiger partial charge in [-0.3, -0.25) is 0 Å². The summed E-state index contributed by atoms with van der Waals surface area (Å²) in [4.78, 5) is 8.66. The highest BCUT2D eigenvalue weighted by Gasteiger charge is 2.09. The molecule has 1 N–H and O–H groups in total. The minimum atomic E-state index is 0.321. The SMILES string of the molecule is CCNc1cc(Oc2ccccc2OC)nc(COC)n1. The number of hydrogen-bond acceptors (Lipinski definition) is 6. The molecule has 0 radical (unpaired) electrons. The molecule has 6 nitrogen and oxygen atoms in total. The molecule has 0 spiro atoms. The molecule has 0 amide bonds. The van der Waals surface area contributed by atoms with E-state index >= 15 is 0 Å². The summed E-state index contributed by atoms with van der Waals surface area (Å²) in [5.74, 6) is 2.95. The number of anilines is 1. The third-order valence-corrected chi connectivity index (χ3v) is 2.66. The molecule has 1 heterocycles. The maximum atomic E-state index is 5.80. The van der Waals surface area contributed by atoms with E-state index in [0.717, 1.165) is 6.54 Å². The summed E-state index contributed by atoms with van der Waals surface area (Å²) in [6, 6.07) is 9.16. The summed E-state index contributed by atoms with van der Waals surface area (Å²) < 4.78 is 16.1. The van der Waals surface area contributed by atoms with Crippen molar-refractivity contribution >= 4 is 5.82 Å². The highest BCUT2D eigenvalue weighted by atomic mass is 16.5. The van der Waals surface area contributed by atoms with Crippen LogP contribution in [0.15, 0.2) is 30.3 Å². The van der Waals surface area contributed by atoms with Gasteiger partial charge < -0.3 is 19.5 Å². The predicted octanol–water partition coefficient (Wildman–Crippen LogP) is 2.86. The summed E-state index contributed by atoms with van der Waals surface area (Å²) in [5.41, 5.74) is 0. The summed E-state index contributed by atoms with van der Waals surface area (Å²) in [6.07, 6.45) is 0. The number of hydrogen-bond donors (Lipinski definition) is 1. The normalized spacial score (nSPS) is 10.2. The van der Waals surface area contributed by atoms with E-state index < -0.39 is 0 Å². The van der Waals surface area contributed by atoms with Crippen LogP contribution in [0.5, 0.6) is 17.4 Å². The average Bonchev–Trinajstić information content (AvgIpc) is 2.48. The maximum absolute atomic E-state index is 5.80. The van der Waals surface area contributed by atoms with E-state index in [2.05, 4.69) is 15.3 Å². The van der Waals surface area contributed by atoms with E-state index in [1.165, 1.54) is 0 Å². The van der Waals surface area contributed by atoms with Crippen LogP contribution in [-0.4, -0.2) is 30.7 Å². The fraction of sp³-hybridized carbons (Fsp3) is 0.333. The van der Waals surface area contributed by atoms with Crippen LogP contribution in [0.2, 0.25) is 0 Å². The zero-order chi connectivity index (χ0) is 15.1. The summed E-state index contributed by atoms with van der Waals surface area (Å²) in [6.45, 7) is 3.08. The Morgan fingerprint density at radius 2 is 1.86 bits per heavy atom. The number of nitrogens with one attached hydrogen (secondary N) is 1. The van der Waals surface area contributed by atoms with E-state index in [1.54, 1.807) is 20.3 Å². The van der Waals surface area contributed by atoms with Crippen LogP contribution in [0.4, 0.5) is 5.82 Å². The topological polar surface area (TPSA) is 65.5 Å². The van der Waals surface area contributed by atoms with Gasteiger partial charge in [0, 0.05) is 19.7 Å². The smallest absolute Gasteiger partial charge is 0.224 e. The molecule has 0 bridgehead atoms. The molecule has 0 atom stereocenters. The van der Waals surface area contributed by atoms with Crippen LogP contribution in [-0.2, 0) is 11.3 Å². The third-order valence-electron chi connectivity index (χ3n) is 2.66. The molecule has 0 fully saturated rings. The Labute approximate surface area is 124 Å². The summed E-state index contributed by atoms with van der Waals surface area (Å²) >= 11 is 0. The van der Waals surface area contributed by atoms with Crippen molar-refractivity contribution in [1.29, 1.82) is 0 Å². The standard InChI is InChI=1S/C15H19N3O3/c1-4-16-13-9-15(18-14(17-13)10-19-2)21-12-8-6-5-7-11(12)20-3/h5-9H,4,10H2,1-3H3,(H,16,17,18). The lowest BCUT2D eigenvalue weighted by molar-refractivity contribution is 0.177. The van der Waals surface area contributed by atoms with E-state index in [0.29, 0.717) is 35.6 Å². The van der Waals surface area contributed by atoms with E-state index in [1.807, 2.05) is 31.2 Å². The van der Waals surface area contributed by atoms with Gasteiger partial charge in [-0.1, -0.05) is 12.1 Å². The molecule has 0 aliphatic rings. The molecule has 2 rings (SSSR count). The second-order valence-electron chi connectivity index (χ2n) is 4.22. The Morgan fingerprint density at radius 1 is 1.10 bits per heavy atom. The number of rotatable bonds is 7. The van der Waals surface area contributed by atoms with Crippen molar-refractivity contribution in [3.8, 4) is 17.4 Å². The number of benzene rings is 1. The van der Waals surface area contributed by atoms with E-state index in [9.17, 15) is 0 Å². The van der Waals surface area contributed by atoms with Crippen molar-refractivity contribution in [3.05, 3.63) is 36.2 Å². The average molecular weight is 289 g/mol. The van der Waals surface area contributed by atoms with Crippen molar-refractivity contribution in [3.63, 3.8) is 0 Å². The van der Waals surface area contributed by atoms with Gasteiger partial charge in [0.2, 0.25) is 5.88 Å². The molecule has 0 aliphatic heterocycles. The molecule has 1 aromatic carbocycles. The quantitative estimate of drug-likeness (QED) is 0.845. The second kappa shape index (κ2) is 7.44. The Kier molecular flexibility index (Phi) is 5.34. The Hall–Kier alpha value is -2.34. The van der Waals surface area contributed by atoms with Crippen molar-refractivity contribution < 1.29 is 14.2 Å². The monoisotopic (exact) mass is 289 g/mol. The van der Waals surface area contributed by atoms with Gasteiger partial charge in [-0.05, 0) is 19.1 Å². The molecule has 0 saturated carbocycles. The summed E-state index contributed by atoms with van der Waals surface area (Å²) in [7, 11) is 3.20. The molecular formula is C15H19N3O3. The number of methoxy groups -OCH3 is 2. The largest absolute Gasteiger partial charge is 0.493 e. The molecule has 2 aromatic rings. The van der Waals surface area contributed by atoms with Crippen molar-refractivity contribution in [1.82, 2.24) is 9.97 Å².